The molecule has 1 unspecified atom stereocenters. The number of aromatic nitrogens is 1. The van der Waals surface area contributed by atoms with E-state index >= 15 is 0 Å². The molecular weight excluding hydrogens is 317 g/mol. The molecule has 3 rings (SSSR count). The van der Waals surface area contributed by atoms with Gasteiger partial charge in [-0.05, 0) is 36.0 Å². The predicted molar refractivity (Wildman–Crippen MR) is 86.7 cm³/mol. The van der Waals surface area contributed by atoms with Crippen LogP contribution in [0.15, 0.2) is 16.5 Å². The molecule has 0 spiro atoms. The number of nitrogens with one attached hydrogen (secondary N) is 1. The molecule has 1 aromatic heterocycles. The van der Waals surface area contributed by atoms with Crippen LogP contribution < -0.4 is 5.32 Å². The Balaban J connectivity index is 1.93. The average molecular weight is 340 g/mol. The summed E-state index contributed by atoms with van der Waals surface area (Å²) < 4.78 is 45.6. The number of nitrogens with zero attached hydrogens (tertiary/aromatic N) is 1. The van der Waals surface area contributed by atoms with Gasteiger partial charge in [-0.25, -0.2) is 4.98 Å². The smallest absolute Gasteiger partial charge is 0.420 e. The minimum absolute atomic E-state index is 0.0594. The number of benzene rings is 1. The Morgan fingerprint density at radius 2 is 2.04 bits per heavy atom. The maximum absolute atomic E-state index is 13.4. The van der Waals surface area contributed by atoms with Crippen molar-refractivity contribution in [2.75, 3.05) is 0 Å². The van der Waals surface area contributed by atoms with Crippen LogP contribution in [0.25, 0.3) is 11.1 Å². The minimum atomic E-state index is -4.46. The summed E-state index contributed by atoms with van der Waals surface area (Å²) in [6.07, 6.45) is -2.26. The lowest BCUT2D eigenvalue weighted by atomic mass is 9.67. The lowest BCUT2D eigenvalue weighted by Gasteiger charge is -2.45. The van der Waals surface area contributed by atoms with Crippen molar-refractivity contribution in [3.05, 3.63) is 29.2 Å². The number of halogens is 3. The van der Waals surface area contributed by atoms with E-state index in [4.69, 9.17) is 4.42 Å². The number of alkyl halides is 3. The SMILES string of the molecule is CC(C)c1nc2cc(CNC3CCC3(C)C)cc(C(F)(F)F)c2o1. The molecule has 0 saturated heterocycles. The Kier molecular flexibility index (Phi) is 4.14. The number of oxazole rings is 1. The van der Waals surface area contributed by atoms with Crippen molar-refractivity contribution >= 4 is 11.1 Å². The molecule has 1 N–H and O–H groups in total. The molecule has 1 heterocycles. The standard InChI is InChI=1S/C18H23F3N2O/c1-10(2)16-23-13-8-11(9-22-14-5-6-17(14,3)4)7-12(15(13)24-16)18(19,20)21/h7-8,10,14,22H,5-6,9H2,1-4H3. The monoisotopic (exact) mass is 340 g/mol. The summed E-state index contributed by atoms with van der Waals surface area (Å²) >= 11 is 0. The molecule has 0 radical (unpaired) electrons. The van der Waals surface area contributed by atoms with E-state index in [1.165, 1.54) is 6.07 Å². The van der Waals surface area contributed by atoms with Crippen molar-refractivity contribution in [2.24, 2.45) is 5.41 Å². The molecular formula is C18H23F3N2O. The largest absolute Gasteiger partial charge is 0.440 e. The van der Waals surface area contributed by atoms with Gasteiger partial charge < -0.3 is 9.73 Å². The average Bonchev–Trinajstić information content (AvgIpc) is 2.88. The Labute approximate surface area is 139 Å². The van der Waals surface area contributed by atoms with Gasteiger partial charge in [-0.3, -0.25) is 0 Å². The van der Waals surface area contributed by atoms with Crippen LogP contribution in [0.4, 0.5) is 13.2 Å². The Hall–Kier alpha value is -1.56. The second-order valence-electron chi connectivity index (χ2n) is 7.66. The van der Waals surface area contributed by atoms with Crippen molar-refractivity contribution in [3.63, 3.8) is 0 Å². The maximum Gasteiger partial charge on any atom is 0.420 e. The topological polar surface area (TPSA) is 38.1 Å². The zero-order chi connectivity index (χ0) is 17.7. The molecule has 0 amide bonds. The summed E-state index contributed by atoms with van der Waals surface area (Å²) in [6.45, 7) is 8.44. The van der Waals surface area contributed by atoms with Crippen molar-refractivity contribution in [2.45, 2.75) is 65.2 Å². The fourth-order valence-corrected chi connectivity index (χ4v) is 3.15. The maximum atomic E-state index is 13.4. The highest BCUT2D eigenvalue weighted by molar-refractivity contribution is 5.78. The molecule has 1 atom stereocenters. The second kappa shape index (κ2) is 5.76. The first kappa shape index (κ1) is 17.3. The Morgan fingerprint density at radius 3 is 2.54 bits per heavy atom. The van der Waals surface area contributed by atoms with E-state index in [0.29, 0.717) is 24.0 Å². The van der Waals surface area contributed by atoms with Crippen LogP contribution in [0.2, 0.25) is 0 Å². The van der Waals surface area contributed by atoms with Crippen LogP contribution in [-0.2, 0) is 12.7 Å². The zero-order valence-electron chi connectivity index (χ0n) is 14.4. The van der Waals surface area contributed by atoms with Gasteiger partial charge in [0.15, 0.2) is 11.5 Å². The van der Waals surface area contributed by atoms with Gasteiger partial charge in [0.25, 0.3) is 0 Å². The van der Waals surface area contributed by atoms with Gasteiger partial charge in [-0.2, -0.15) is 13.2 Å². The van der Waals surface area contributed by atoms with Crippen LogP contribution in [0.3, 0.4) is 0 Å². The van der Waals surface area contributed by atoms with Gasteiger partial charge in [0.05, 0.1) is 0 Å². The van der Waals surface area contributed by atoms with Crippen molar-refractivity contribution in [1.29, 1.82) is 0 Å². The van der Waals surface area contributed by atoms with E-state index in [9.17, 15) is 13.2 Å². The molecule has 1 fully saturated rings. The first-order valence-electron chi connectivity index (χ1n) is 8.32. The molecule has 3 nitrogen and oxygen atoms in total. The molecule has 1 aliphatic carbocycles. The van der Waals surface area contributed by atoms with E-state index in [1.54, 1.807) is 6.07 Å². The molecule has 1 aromatic carbocycles. The van der Waals surface area contributed by atoms with Crippen LogP contribution >= 0.6 is 0 Å². The van der Waals surface area contributed by atoms with Crippen LogP contribution in [0.5, 0.6) is 0 Å². The highest BCUT2D eigenvalue weighted by Crippen LogP contribution is 2.40. The van der Waals surface area contributed by atoms with E-state index in [1.807, 2.05) is 13.8 Å². The van der Waals surface area contributed by atoms with Crippen LogP contribution in [0, 0.1) is 5.41 Å². The summed E-state index contributed by atoms with van der Waals surface area (Å²) in [5.41, 5.74) is 0.151. The van der Waals surface area contributed by atoms with Gasteiger partial charge in [0.2, 0.25) is 0 Å². The fourth-order valence-electron chi connectivity index (χ4n) is 3.15. The summed E-state index contributed by atoms with van der Waals surface area (Å²) in [5.74, 6) is 0.275. The third-order valence-corrected chi connectivity index (χ3v) is 4.94. The number of rotatable bonds is 4. The number of hydrogen-bond donors (Lipinski definition) is 1. The summed E-state index contributed by atoms with van der Waals surface area (Å²) in [4.78, 5) is 4.24. The van der Waals surface area contributed by atoms with Gasteiger partial charge in [0.1, 0.15) is 11.1 Å². The van der Waals surface area contributed by atoms with Gasteiger partial charge in [0, 0.05) is 18.5 Å². The molecule has 0 bridgehead atoms. The van der Waals surface area contributed by atoms with Gasteiger partial charge in [-0.1, -0.05) is 27.7 Å². The number of fused-ring (bicyclic) bond motifs is 1. The normalized spacial score (nSPS) is 20.6. The van der Waals surface area contributed by atoms with Crippen molar-refractivity contribution in [1.82, 2.24) is 10.3 Å². The molecule has 2 aromatic rings. The highest BCUT2D eigenvalue weighted by Gasteiger charge is 2.38. The summed E-state index contributed by atoms with van der Waals surface area (Å²) in [6, 6.07) is 3.21. The zero-order valence-corrected chi connectivity index (χ0v) is 14.4. The molecule has 0 aliphatic heterocycles. The third kappa shape index (κ3) is 3.16. The van der Waals surface area contributed by atoms with Gasteiger partial charge >= 0.3 is 6.18 Å². The Bertz CT molecular complexity index is 747. The Morgan fingerprint density at radius 1 is 1.33 bits per heavy atom. The third-order valence-electron chi connectivity index (χ3n) is 4.94. The lowest BCUT2D eigenvalue weighted by molar-refractivity contribution is -0.136. The minimum Gasteiger partial charge on any atom is -0.440 e. The first-order chi connectivity index (χ1) is 11.1. The summed E-state index contributed by atoms with van der Waals surface area (Å²) in [7, 11) is 0. The number of hydrogen-bond acceptors (Lipinski definition) is 3. The molecule has 24 heavy (non-hydrogen) atoms. The van der Waals surface area contributed by atoms with E-state index in [2.05, 4.69) is 24.1 Å². The molecule has 132 valence electrons. The van der Waals surface area contributed by atoms with E-state index < -0.39 is 11.7 Å². The summed E-state index contributed by atoms with van der Waals surface area (Å²) in [5, 5.41) is 3.37. The fraction of sp³-hybridized carbons (Fsp3) is 0.611. The van der Waals surface area contributed by atoms with Crippen LogP contribution in [-0.4, -0.2) is 11.0 Å². The van der Waals surface area contributed by atoms with Gasteiger partial charge in [-0.15, -0.1) is 0 Å². The quantitative estimate of drug-likeness (QED) is 0.826. The highest BCUT2D eigenvalue weighted by atomic mass is 19.4. The molecule has 1 saturated carbocycles. The predicted octanol–water partition coefficient (Wildman–Crippen LogP) is 5.25. The van der Waals surface area contributed by atoms with E-state index in [-0.39, 0.29) is 22.4 Å². The van der Waals surface area contributed by atoms with E-state index in [0.717, 1.165) is 12.8 Å². The molecule has 6 heteroatoms. The first-order valence-corrected chi connectivity index (χ1v) is 8.32. The van der Waals surface area contributed by atoms with Crippen LogP contribution in [0.1, 0.15) is 63.5 Å². The molecule has 1 aliphatic rings. The van der Waals surface area contributed by atoms with Crippen molar-refractivity contribution < 1.29 is 17.6 Å². The lowest BCUT2D eigenvalue weighted by Crippen LogP contribution is -2.49. The van der Waals surface area contributed by atoms with Crippen molar-refractivity contribution in [3.8, 4) is 0 Å². The second-order valence-corrected chi connectivity index (χ2v) is 7.66.